The molecular formula is C23H19FO4. The Hall–Kier alpha value is -3.34. The van der Waals surface area contributed by atoms with Crippen molar-refractivity contribution in [3.63, 3.8) is 0 Å². The molecule has 0 spiro atoms. The Morgan fingerprint density at radius 2 is 1.61 bits per heavy atom. The van der Waals surface area contributed by atoms with Crippen molar-refractivity contribution < 1.29 is 23.4 Å². The Bertz CT molecular complexity index is 1010. The van der Waals surface area contributed by atoms with Crippen LogP contribution >= 0.6 is 0 Å². The Kier molecular flexibility index (Phi) is 4.98. The molecule has 3 aromatic carbocycles. The maximum atomic E-state index is 13.2. The van der Waals surface area contributed by atoms with Gasteiger partial charge in [0, 0.05) is 0 Å². The van der Waals surface area contributed by atoms with E-state index in [1.165, 1.54) is 19.2 Å². The molecule has 0 saturated carbocycles. The normalized spacial score (nSPS) is 12.5. The molecule has 0 unspecified atom stereocenters. The van der Waals surface area contributed by atoms with Crippen molar-refractivity contribution in [3.8, 4) is 22.6 Å². The third kappa shape index (κ3) is 3.69. The number of ether oxygens (including phenoxy) is 3. The summed E-state index contributed by atoms with van der Waals surface area (Å²) in [7, 11) is 1.36. The fraction of sp³-hybridized carbons (Fsp3) is 0.174. The van der Waals surface area contributed by atoms with Crippen LogP contribution in [0, 0.1) is 5.82 Å². The van der Waals surface area contributed by atoms with Crippen molar-refractivity contribution in [3.05, 3.63) is 83.2 Å². The second-order valence-corrected chi connectivity index (χ2v) is 6.53. The van der Waals surface area contributed by atoms with Gasteiger partial charge in [-0.3, -0.25) is 0 Å². The van der Waals surface area contributed by atoms with E-state index >= 15 is 0 Å². The number of hydrogen-bond acceptors (Lipinski definition) is 4. The van der Waals surface area contributed by atoms with Gasteiger partial charge in [-0.05, 0) is 65.1 Å². The summed E-state index contributed by atoms with van der Waals surface area (Å²) in [6.07, 6.45) is 0.489. The van der Waals surface area contributed by atoms with Crippen LogP contribution in [0.1, 0.15) is 21.5 Å². The lowest BCUT2D eigenvalue weighted by Crippen LogP contribution is -2.15. The van der Waals surface area contributed by atoms with Gasteiger partial charge in [0.2, 0.25) is 0 Å². The molecule has 5 heteroatoms. The van der Waals surface area contributed by atoms with Gasteiger partial charge in [0.15, 0.2) is 11.5 Å². The smallest absolute Gasteiger partial charge is 0.338 e. The molecule has 0 saturated heterocycles. The van der Waals surface area contributed by atoms with Gasteiger partial charge in [-0.1, -0.05) is 24.3 Å². The van der Waals surface area contributed by atoms with E-state index in [-0.39, 0.29) is 5.82 Å². The van der Waals surface area contributed by atoms with Crippen molar-refractivity contribution in [2.24, 2.45) is 0 Å². The van der Waals surface area contributed by atoms with Crippen molar-refractivity contribution in [2.75, 3.05) is 20.3 Å². The summed E-state index contributed by atoms with van der Waals surface area (Å²) in [6, 6.07) is 17.6. The summed E-state index contributed by atoms with van der Waals surface area (Å²) in [5, 5.41) is 0. The Balaban J connectivity index is 1.73. The summed E-state index contributed by atoms with van der Waals surface area (Å²) >= 11 is 0. The molecule has 0 bridgehead atoms. The number of rotatable bonds is 4. The van der Waals surface area contributed by atoms with Gasteiger partial charge in [-0.25, -0.2) is 9.18 Å². The van der Waals surface area contributed by atoms with Gasteiger partial charge < -0.3 is 14.2 Å². The molecule has 1 aliphatic heterocycles. The first-order chi connectivity index (χ1) is 13.6. The number of esters is 1. The Labute approximate surface area is 162 Å². The lowest BCUT2D eigenvalue weighted by atomic mass is 9.94. The van der Waals surface area contributed by atoms with Crippen molar-refractivity contribution in [2.45, 2.75) is 6.42 Å². The third-order valence-corrected chi connectivity index (χ3v) is 4.69. The van der Waals surface area contributed by atoms with Crippen LogP contribution in [0.15, 0.2) is 60.7 Å². The maximum Gasteiger partial charge on any atom is 0.338 e. The minimum Gasteiger partial charge on any atom is -0.486 e. The molecule has 4 rings (SSSR count). The van der Waals surface area contributed by atoms with Crippen LogP contribution in [0.2, 0.25) is 0 Å². The quantitative estimate of drug-likeness (QED) is 0.621. The highest BCUT2D eigenvalue weighted by molar-refractivity contribution is 5.92. The highest BCUT2D eigenvalue weighted by Crippen LogP contribution is 2.35. The first-order valence-corrected chi connectivity index (χ1v) is 9.00. The van der Waals surface area contributed by atoms with E-state index < -0.39 is 5.97 Å². The lowest BCUT2D eigenvalue weighted by Gasteiger charge is -2.19. The minimum absolute atomic E-state index is 0.290. The predicted molar refractivity (Wildman–Crippen MR) is 103 cm³/mol. The average Bonchev–Trinajstić information content (AvgIpc) is 2.74. The van der Waals surface area contributed by atoms with Crippen molar-refractivity contribution >= 4 is 5.97 Å². The lowest BCUT2D eigenvalue weighted by molar-refractivity contribution is 0.0599. The van der Waals surface area contributed by atoms with Crippen LogP contribution in [-0.2, 0) is 11.2 Å². The van der Waals surface area contributed by atoms with E-state index in [2.05, 4.69) is 0 Å². The zero-order chi connectivity index (χ0) is 19.5. The third-order valence-electron chi connectivity index (χ3n) is 4.69. The van der Waals surface area contributed by atoms with Crippen LogP contribution in [0.25, 0.3) is 11.1 Å². The number of benzene rings is 3. The predicted octanol–water partition coefficient (Wildman–Crippen LogP) is 4.64. The summed E-state index contributed by atoms with van der Waals surface area (Å²) in [4.78, 5) is 12.2. The van der Waals surface area contributed by atoms with E-state index in [1.54, 1.807) is 18.2 Å². The standard InChI is InChI=1S/C23H19FO4/c1-26-23(25)20-8-4-16(13-18(20)12-15-2-6-19(24)7-3-15)17-5-9-21-22(14-17)28-11-10-27-21/h2-9,13-14H,10-12H2,1H3. The summed E-state index contributed by atoms with van der Waals surface area (Å²) in [6.45, 7) is 1.07. The molecule has 1 aliphatic rings. The van der Waals surface area contributed by atoms with Gasteiger partial charge in [-0.2, -0.15) is 0 Å². The fourth-order valence-corrected chi connectivity index (χ4v) is 3.27. The fourth-order valence-electron chi connectivity index (χ4n) is 3.27. The summed E-state index contributed by atoms with van der Waals surface area (Å²) in [5.41, 5.74) is 4.12. The molecule has 3 aromatic rings. The molecule has 0 atom stereocenters. The Morgan fingerprint density at radius 3 is 2.36 bits per heavy atom. The van der Waals surface area contributed by atoms with Crippen LogP contribution in [0.5, 0.6) is 11.5 Å². The van der Waals surface area contributed by atoms with Crippen LogP contribution in [0.3, 0.4) is 0 Å². The number of halogens is 1. The summed E-state index contributed by atoms with van der Waals surface area (Å²) in [5.74, 6) is 0.751. The molecule has 0 amide bonds. The van der Waals surface area contributed by atoms with E-state index in [0.717, 1.165) is 28.0 Å². The molecule has 0 aliphatic carbocycles. The average molecular weight is 378 g/mol. The Morgan fingerprint density at radius 1 is 0.929 bits per heavy atom. The zero-order valence-corrected chi connectivity index (χ0v) is 15.4. The van der Waals surface area contributed by atoms with E-state index in [1.807, 2.05) is 30.3 Å². The minimum atomic E-state index is -0.397. The van der Waals surface area contributed by atoms with Crippen LogP contribution in [0.4, 0.5) is 4.39 Å². The highest BCUT2D eigenvalue weighted by atomic mass is 19.1. The van der Waals surface area contributed by atoms with Gasteiger partial charge in [0.25, 0.3) is 0 Å². The van der Waals surface area contributed by atoms with E-state index in [0.29, 0.717) is 30.9 Å². The molecule has 0 N–H and O–H groups in total. The highest BCUT2D eigenvalue weighted by Gasteiger charge is 2.16. The van der Waals surface area contributed by atoms with Gasteiger partial charge in [-0.15, -0.1) is 0 Å². The van der Waals surface area contributed by atoms with Crippen LogP contribution in [-0.4, -0.2) is 26.3 Å². The van der Waals surface area contributed by atoms with Gasteiger partial charge in [0.1, 0.15) is 19.0 Å². The molecular weight excluding hydrogens is 359 g/mol. The number of hydrogen-bond donors (Lipinski definition) is 0. The first kappa shape index (κ1) is 18.0. The van der Waals surface area contributed by atoms with E-state index in [9.17, 15) is 9.18 Å². The topological polar surface area (TPSA) is 44.8 Å². The molecule has 1 heterocycles. The number of methoxy groups -OCH3 is 1. The second-order valence-electron chi connectivity index (χ2n) is 6.53. The van der Waals surface area contributed by atoms with Gasteiger partial charge >= 0.3 is 5.97 Å². The number of carbonyl (C=O) groups excluding carboxylic acids is 1. The van der Waals surface area contributed by atoms with Crippen molar-refractivity contribution in [1.29, 1.82) is 0 Å². The molecule has 0 fully saturated rings. The number of carbonyl (C=O) groups is 1. The maximum absolute atomic E-state index is 13.2. The van der Waals surface area contributed by atoms with E-state index in [4.69, 9.17) is 14.2 Å². The molecule has 0 radical (unpaired) electrons. The summed E-state index contributed by atoms with van der Waals surface area (Å²) < 4.78 is 29.4. The first-order valence-electron chi connectivity index (χ1n) is 9.00. The monoisotopic (exact) mass is 378 g/mol. The van der Waals surface area contributed by atoms with Crippen molar-refractivity contribution in [1.82, 2.24) is 0 Å². The molecule has 0 aromatic heterocycles. The largest absolute Gasteiger partial charge is 0.486 e. The SMILES string of the molecule is COC(=O)c1ccc(-c2ccc3c(c2)OCCO3)cc1Cc1ccc(F)cc1. The zero-order valence-electron chi connectivity index (χ0n) is 15.4. The second kappa shape index (κ2) is 7.72. The molecule has 4 nitrogen and oxygen atoms in total. The molecule has 28 heavy (non-hydrogen) atoms. The van der Waals surface area contributed by atoms with Gasteiger partial charge in [0.05, 0.1) is 12.7 Å². The van der Waals surface area contributed by atoms with Crippen LogP contribution < -0.4 is 9.47 Å². The number of fused-ring (bicyclic) bond motifs is 1. The molecule has 142 valence electrons.